The molecule has 0 saturated carbocycles. The Kier molecular flexibility index (Phi) is 5.40. The van der Waals surface area contributed by atoms with Gasteiger partial charge in [-0.05, 0) is 73.4 Å². The molecular weight excluding hydrogens is 350 g/mol. The van der Waals surface area contributed by atoms with Crippen LogP contribution in [0.15, 0.2) is 42.5 Å². The van der Waals surface area contributed by atoms with Crippen molar-refractivity contribution >= 4 is 10.9 Å². The number of rotatable bonds is 7. The summed E-state index contributed by atoms with van der Waals surface area (Å²) in [4.78, 5) is 0. The molecule has 0 bridgehead atoms. The number of aromatic nitrogens is 1. The van der Waals surface area contributed by atoms with Crippen LogP contribution in [0.4, 0.5) is 0 Å². The van der Waals surface area contributed by atoms with Gasteiger partial charge in [-0.3, -0.25) is 0 Å². The van der Waals surface area contributed by atoms with Crippen LogP contribution in [0.5, 0.6) is 0 Å². The van der Waals surface area contributed by atoms with Gasteiger partial charge in [-0.15, -0.1) is 0 Å². The number of benzene rings is 2. The molecule has 5 rings (SSSR count). The van der Waals surface area contributed by atoms with Gasteiger partial charge in [0.1, 0.15) is 0 Å². The smallest absolute Gasteiger partial charge is 0.187 e. The average molecular weight is 385 g/mol. The summed E-state index contributed by atoms with van der Waals surface area (Å²) in [6.45, 7) is 3.35. The molecule has 1 aliphatic heterocycles. The van der Waals surface area contributed by atoms with Gasteiger partial charge in [-0.1, -0.05) is 51.2 Å². The van der Waals surface area contributed by atoms with Gasteiger partial charge in [0.15, 0.2) is 6.54 Å². The van der Waals surface area contributed by atoms with Crippen LogP contribution in [0.25, 0.3) is 22.2 Å². The van der Waals surface area contributed by atoms with Crippen molar-refractivity contribution in [1.82, 2.24) is 0 Å². The topological polar surface area (TPSA) is 3.88 Å². The zero-order chi connectivity index (χ0) is 19.6. The molecule has 3 aromatic rings. The van der Waals surface area contributed by atoms with Crippen LogP contribution in [-0.2, 0) is 25.8 Å². The highest BCUT2D eigenvalue weighted by Crippen LogP contribution is 2.39. The van der Waals surface area contributed by atoms with Crippen molar-refractivity contribution < 1.29 is 4.57 Å². The Morgan fingerprint density at radius 1 is 0.828 bits per heavy atom. The molecule has 0 unspecified atom stereocenters. The molecule has 1 heteroatoms. The van der Waals surface area contributed by atoms with Gasteiger partial charge < -0.3 is 0 Å². The van der Waals surface area contributed by atoms with Gasteiger partial charge in [-0.25, -0.2) is 0 Å². The zero-order valence-electron chi connectivity index (χ0n) is 18.0. The summed E-state index contributed by atoms with van der Waals surface area (Å²) < 4.78 is 2.56. The van der Waals surface area contributed by atoms with Crippen LogP contribution in [0.2, 0.25) is 0 Å². The monoisotopic (exact) mass is 384 g/mol. The van der Waals surface area contributed by atoms with Gasteiger partial charge in [0.2, 0.25) is 11.2 Å². The van der Waals surface area contributed by atoms with Crippen LogP contribution in [-0.4, -0.2) is 0 Å². The Labute approximate surface area is 175 Å². The van der Waals surface area contributed by atoms with Gasteiger partial charge in [-0.2, -0.15) is 4.57 Å². The van der Waals surface area contributed by atoms with E-state index in [-0.39, 0.29) is 0 Å². The molecule has 0 atom stereocenters. The fourth-order valence-corrected chi connectivity index (χ4v) is 5.68. The molecular formula is C28H34N+. The lowest BCUT2D eigenvalue weighted by atomic mass is 9.81. The Morgan fingerprint density at radius 2 is 1.62 bits per heavy atom. The van der Waals surface area contributed by atoms with E-state index in [0.717, 1.165) is 6.54 Å². The highest BCUT2D eigenvalue weighted by molar-refractivity contribution is 5.80. The molecule has 1 nitrogen and oxygen atoms in total. The third-order valence-corrected chi connectivity index (χ3v) is 7.15. The minimum Gasteiger partial charge on any atom is -0.187 e. The van der Waals surface area contributed by atoms with Crippen molar-refractivity contribution in [3.8, 4) is 11.3 Å². The van der Waals surface area contributed by atoms with Crippen molar-refractivity contribution in [3.05, 3.63) is 64.7 Å². The summed E-state index contributed by atoms with van der Waals surface area (Å²) in [5.74, 6) is 0. The molecule has 150 valence electrons. The fraction of sp³-hybridized carbons (Fsp3) is 0.464. The molecule has 0 N–H and O–H groups in total. The van der Waals surface area contributed by atoms with Gasteiger partial charge in [0.25, 0.3) is 0 Å². The van der Waals surface area contributed by atoms with Crippen LogP contribution >= 0.6 is 0 Å². The molecule has 29 heavy (non-hydrogen) atoms. The number of aryl methyl sites for hydroxylation is 1. The predicted molar refractivity (Wildman–Crippen MR) is 122 cm³/mol. The van der Waals surface area contributed by atoms with Crippen molar-refractivity contribution in [3.63, 3.8) is 0 Å². The molecule has 0 saturated heterocycles. The third-order valence-electron chi connectivity index (χ3n) is 7.15. The zero-order valence-corrected chi connectivity index (χ0v) is 18.0. The van der Waals surface area contributed by atoms with E-state index in [1.54, 1.807) is 27.8 Å². The van der Waals surface area contributed by atoms with Crippen molar-refractivity contribution in [2.75, 3.05) is 0 Å². The number of unbranched alkanes of at least 4 members (excludes halogenated alkanes) is 5. The third kappa shape index (κ3) is 3.50. The van der Waals surface area contributed by atoms with Crippen LogP contribution in [0, 0.1) is 0 Å². The number of hydrogen-bond donors (Lipinski definition) is 0. The summed E-state index contributed by atoms with van der Waals surface area (Å²) in [5.41, 5.74) is 11.1. The SMILES string of the molecule is CCCCCCCCc1cc2c(c3c1CCCC3)-c1ccc3ccccc3[n+]1C2. The van der Waals surface area contributed by atoms with E-state index in [2.05, 4.69) is 54.0 Å². The van der Waals surface area contributed by atoms with E-state index in [0.29, 0.717) is 0 Å². The maximum Gasteiger partial charge on any atom is 0.214 e. The molecule has 2 aromatic carbocycles. The standard InChI is InChI=1S/C28H34N/c1-2-3-4-5-6-7-13-22-19-23-20-29-26-16-11-8-12-21(26)17-18-27(29)28(23)25-15-10-9-14-24(22)25/h8,11-12,16-19H,2-7,9-10,13-15,20H2,1H3/q+1. The first kappa shape index (κ1) is 18.9. The van der Waals surface area contributed by atoms with E-state index in [1.807, 2.05) is 0 Å². The number of fused-ring (bicyclic) bond motifs is 7. The molecule has 2 aliphatic rings. The summed E-state index contributed by atoms with van der Waals surface area (Å²) in [6.07, 6.45) is 14.9. The first-order valence-electron chi connectivity index (χ1n) is 12.0. The van der Waals surface area contributed by atoms with E-state index < -0.39 is 0 Å². The Bertz CT molecular complexity index is 1030. The van der Waals surface area contributed by atoms with Crippen molar-refractivity contribution in [1.29, 1.82) is 0 Å². The average Bonchev–Trinajstić information content (AvgIpc) is 3.15. The first-order chi connectivity index (χ1) is 14.4. The van der Waals surface area contributed by atoms with E-state index in [1.165, 1.54) is 87.2 Å². The second-order valence-electron chi connectivity index (χ2n) is 9.12. The van der Waals surface area contributed by atoms with E-state index >= 15 is 0 Å². The Balaban J connectivity index is 1.48. The Hall–Kier alpha value is -2.15. The van der Waals surface area contributed by atoms with E-state index in [9.17, 15) is 0 Å². The normalized spacial score (nSPS) is 14.7. The highest BCUT2D eigenvalue weighted by atomic mass is 15.0. The molecule has 1 aliphatic carbocycles. The maximum absolute atomic E-state index is 2.59. The summed E-state index contributed by atoms with van der Waals surface area (Å²) >= 11 is 0. The van der Waals surface area contributed by atoms with Gasteiger partial charge >= 0.3 is 0 Å². The van der Waals surface area contributed by atoms with Crippen LogP contribution in [0.1, 0.15) is 80.5 Å². The molecule has 2 heterocycles. The fourth-order valence-electron chi connectivity index (χ4n) is 5.68. The molecule has 0 fully saturated rings. The largest absolute Gasteiger partial charge is 0.214 e. The van der Waals surface area contributed by atoms with Gasteiger partial charge in [0, 0.05) is 23.1 Å². The molecule has 0 amide bonds. The first-order valence-corrected chi connectivity index (χ1v) is 12.0. The maximum atomic E-state index is 2.59. The number of pyridine rings is 1. The van der Waals surface area contributed by atoms with Crippen LogP contribution < -0.4 is 4.57 Å². The minimum absolute atomic E-state index is 1.04. The lowest BCUT2D eigenvalue weighted by Gasteiger charge is -2.22. The number of hydrogen-bond acceptors (Lipinski definition) is 0. The molecule has 0 radical (unpaired) electrons. The quantitative estimate of drug-likeness (QED) is 0.240. The summed E-state index contributed by atoms with van der Waals surface area (Å²) in [5, 5.41) is 1.35. The summed E-state index contributed by atoms with van der Waals surface area (Å²) in [7, 11) is 0. The minimum atomic E-state index is 1.04. The van der Waals surface area contributed by atoms with Gasteiger partial charge in [0.05, 0.1) is 5.56 Å². The second kappa shape index (κ2) is 8.30. The van der Waals surface area contributed by atoms with Crippen LogP contribution in [0.3, 0.4) is 0 Å². The molecule has 0 spiro atoms. The van der Waals surface area contributed by atoms with E-state index in [4.69, 9.17) is 0 Å². The second-order valence-corrected chi connectivity index (χ2v) is 9.12. The highest BCUT2D eigenvalue weighted by Gasteiger charge is 2.33. The van der Waals surface area contributed by atoms with Crippen molar-refractivity contribution in [2.45, 2.75) is 84.1 Å². The van der Waals surface area contributed by atoms with Crippen molar-refractivity contribution in [2.24, 2.45) is 0 Å². The lowest BCUT2D eigenvalue weighted by Crippen LogP contribution is -2.33. The summed E-state index contributed by atoms with van der Waals surface area (Å²) in [6, 6.07) is 16.1. The number of nitrogens with zero attached hydrogens (tertiary/aromatic N) is 1. The molecule has 1 aromatic heterocycles. The number of para-hydroxylation sites is 1. The predicted octanol–water partition coefficient (Wildman–Crippen LogP) is 6.94. The lowest BCUT2D eigenvalue weighted by molar-refractivity contribution is -0.645. The Morgan fingerprint density at radius 3 is 2.52 bits per heavy atom.